The largest absolute Gasteiger partial charge is 0.238 e. The smallest absolute Gasteiger partial charge is 0.148 e. The molecule has 1 aromatic heterocycles. The van der Waals surface area contributed by atoms with E-state index in [2.05, 4.69) is 32.0 Å². The highest BCUT2D eigenvalue weighted by Crippen LogP contribution is 2.45. The molecule has 0 bridgehead atoms. The number of nitriles is 1. The highest BCUT2D eigenvalue weighted by atomic mass is 79.9. The van der Waals surface area contributed by atoms with E-state index in [1.165, 1.54) is 0 Å². The van der Waals surface area contributed by atoms with Crippen molar-refractivity contribution >= 4 is 15.9 Å². The van der Waals surface area contributed by atoms with Crippen LogP contribution in [0.15, 0.2) is 10.7 Å². The first-order valence-electron chi connectivity index (χ1n) is 4.09. The maximum absolute atomic E-state index is 8.93. The number of aryl methyl sites for hydroxylation is 1. The lowest BCUT2D eigenvalue weighted by Gasteiger charge is -2.05. The van der Waals surface area contributed by atoms with Gasteiger partial charge in [0.1, 0.15) is 11.2 Å². The van der Waals surface area contributed by atoms with Gasteiger partial charge in [0.2, 0.25) is 0 Å². The Bertz CT molecular complexity index is 390. The number of halogens is 1. The lowest BCUT2D eigenvalue weighted by Crippen LogP contribution is -2.09. The molecule has 0 spiro atoms. The van der Waals surface area contributed by atoms with Gasteiger partial charge in [-0.15, -0.1) is 0 Å². The molecule has 0 saturated heterocycles. The fraction of sp³-hybridized carbons (Fsp3) is 0.444. The van der Waals surface area contributed by atoms with Crippen LogP contribution >= 0.6 is 15.9 Å². The normalized spacial score (nSPS) is 17.9. The van der Waals surface area contributed by atoms with Crippen LogP contribution in [-0.2, 0) is 5.41 Å². The third-order valence-electron chi connectivity index (χ3n) is 2.31. The Hall–Kier alpha value is -0.950. The molecule has 1 heterocycles. The van der Waals surface area contributed by atoms with Crippen molar-refractivity contribution in [2.45, 2.75) is 25.2 Å². The van der Waals surface area contributed by atoms with Gasteiger partial charge in [-0.3, -0.25) is 0 Å². The van der Waals surface area contributed by atoms with Crippen molar-refractivity contribution in [2.24, 2.45) is 0 Å². The zero-order chi connectivity index (χ0) is 9.47. The Morgan fingerprint density at radius 2 is 2.31 bits per heavy atom. The van der Waals surface area contributed by atoms with E-state index < -0.39 is 0 Å². The number of hydrogen-bond acceptors (Lipinski definition) is 3. The first kappa shape index (κ1) is 8.64. The lowest BCUT2D eigenvalue weighted by atomic mass is 10.1. The molecule has 1 fully saturated rings. The van der Waals surface area contributed by atoms with E-state index in [4.69, 9.17) is 5.26 Å². The Balaban J connectivity index is 2.44. The Labute approximate surface area is 84.9 Å². The minimum absolute atomic E-state index is 0.370. The number of aromatic nitrogens is 2. The molecule has 1 saturated carbocycles. The molecule has 2 rings (SSSR count). The van der Waals surface area contributed by atoms with Crippen LogP contribution in [-0.4, -0.2) is 9.97 Å². The fourth-order valence-electron chi connectivity index (χ4n) is 1.19. The Morgan fingerprint density at radius 1 is 1.62 bits per heavy atom. The van der Waals surface area contributed by atoms with Gasteiger partial charge in [0.15, 0.2) is 0 Å². The molecule has 0 amide bonds. The van der Waals surface area contributed by atoms with Crippen LogP contribution in [0, 0.1) is 18.3 Å². The second-order valence-corrected chi connectivity index (χ2v) is 4.18. The highest BCUT2D eigenvalue weighted by molar-refractivity contribution is 9.10. The molecule has 0 N–H and O–H groups in total. The SMILES string of the molecule is Cc1nc(C2(C#N)CC2)ncc1Br. The van der Waals surface area contributed by atoms with Gasteiger partial charge in [0.25, 0.3) is 0 Å². The molecule has 0 atom stereocenters. The average molecular weight is 238 g/mol. The Kier molecular flexibility index (Phi) is 1.85. The topological polar surface area (TPSA) is 49.6 Å². The minimum atomic E-state index is -0.370. The number of rotatable bonds is 1. The van der Waals surface area contributed by atoms with Crippen molar-refractivity contribution in [2.75, 3.05) is 0 Å². The molecule has 3 nitrogen and oxygen atoms in total. The van der Waals surface area contributed by atoms with Crippen LogP contribution in [0.2, 0.25) is 0 Å². The maximum atomic E-state index is 8.93. The van der Waals surface area contributed by atoms with E-state index in [1.807, 2.05) is 6.92 Å². The van der Waals surface area contributed by atoms with Gasteiger partial charge in [-0.2, -0.15) is 5.26 Å². The van der Waals surface area contributed by atoms with Crippen molar-refractivity contribution in [3.63, 3.8) is 0 Å². The molecular weight excluding hydrogens is 230 g/mol. The van der Waals surface area contributed by atoms with Crippen molar-refractivity contribution in [3.05, 3.63) is 22.2 Å². The van der Waals surface area contributed by atoms with E-state index in [0.717, 1.165) is 23.0 Å². The summed E-state index contributed by atoms with van der Waals surface area (Å²) >= 11 is 3.33. The van der Waals surface area contributed by atoms with Crippen LogP contribution in [0.5, 0.6) is 0 Å². The average Bonchev–Trinajstić information content (AvgIpc) is 2.90. The quantitative estimate of drug-likeness (QED) is 0.752. The summed E-state index contributed by atoms with van der Waals surface area (Å²) in [6.45, 7) is 1.91. The van der Waals surface area contributed by atoms with Gasteiger partial charge in [-0.25, -0.2) is 9.97 Å². The van der Waals surface area contributed by atoms with Gasteiger partial charge in [0, 0.05) is 6.20 Å². The van der Waals surface area contributed by atoms with Crippen molar-refractivity contribution < 1.29 is 0 Å². The summed E-state index contributed by atoms with van der Waals surface area (Å²) in [6, 6.07) is 2.28. The molecule has 13 heavy (non-hydrogen) atoms. The molecule has 0 aliphatic heterocycles. The van der Waals surface area contributed by atoms with Gasteiger partial charge in [-0.05, 0) is 35.7 Å². The van der Waals surface area contributed by atoms with Gasteiger partial charge in [0.05, 0.1) is 16.2 Å². The van der Waals surface area contributed by atoms with Gasteiger partial charge >= 0.3 is 0 Å². The molecule has 1 aliphatic rings. The second kappa shape index (κ2) is 2.78. The number of hydrogen-bond donors (Lipinski definition) is 0. The molecule has 0 unspecified atom stereocenters. The summed E-state index contributed by atoms with van der Waals surface area (Å²) in [5, 5.41) is 8.93. The molecular formula is C9H8BrN3. The molecule has 1 aromatic rings. The minimum Gasteiger partial charge on any atom is -0.238 e. The monoisotopic (exact) mass is 237 g/mol. The van der Waals surface area contributed by atoms with Crippen molar-refractivity contribution in [1.82, 2.24) is 9.97 Å². The van der Waals surface area contributed by atoms with Gasteiger partial charge < -0.3 is 0 Å². The lowest BCUT2D eigenvalue weighted by molar-refractivity contribution is 0.784. The molecule has 0 radical (unpaired) electrons. The number of nitrogens with zero attached hydrogens (tertiary/aromatic N) is 3. The first-order valence-corrected chi connectivity index (χ1v) is 4.88. The Morgan fingerprint density at radius 3 is 2.77 bits per heavy atom. The van der Waals surface area contributed by atoms with Crippen LogP contribution in [0.4, 0.5) is 0 Å². The summed E-state index contributed by atoms with van der Waals surface area (Å²) in [4.78, 5) is 8.46. The van der Waals surface area contributed by atoms with E-state index in [9.17, 15) is 0 Å². The summed E-state index contributed by atoms with van der Waals surface area (Å²) in [5.74, 6) is 0.677. The third-order valence-corrected chi connectivity index (χ3v) is 3.09. The molecule has 66 valence electrons. The van der Waals surface area contributed by atoms with E-state index in [-0.39, 0.29) is 5.41 Å². The highest BCUT2D eigenvalue weighted by Gasteiger charge is 2.47. The zero-order valence-electron chi connectivity index (χ0n) is 7.21. The zero-order valence-corrected chi connectivity index (χ0v) is 8.80. The molecule has 1 aliphatic carbocycles. The van der Waals surface area contributed by atoms with E-state index in [0.29, 0.717) is 5.82 Å². The van der Waals surface area contributed by atoms with Crippen LogP contribution < -0.4 is 0 Å². The summed E-state index contributed by atoms with van der Waals surface area (Å²) in [5.41, 5.74) is 0.525. The predicted molar refractivity (Wildman–Crippen MR) is 51.0 cm³/mol. The van der Waals surface area contributed by atoms with Crippen molar-refractivity contribution in [3.8, 4) is 6.07 Å². The van der Waals surface area contributed by atoms with Gasteiger partial charge in [-0.1, -0.05) is 0 Å². The fourth-order valence-corrected chi connectivity index (χ4v) is 1.38. The van der Waals surface area contributed by atoms with E-state index >= 15 is 0 Å². The molecule has 0 aromatic carbocycles. The third kappa shape index (κ3) is 1.33. The second-order valence-electron chi connectivity index (χ2n) is 3.32. The summed E-state index contributed by atoms with van der Waals surface area (Å²) in [7, 11) is 0. The van der Waals surface area contributed by atoms with Crippen LogP contribution in [0.25, 0.3) is 0 Å². The molecule has 4 heteroatoms. The van der Waals surface area contributed by atoms with Crippen molar-refractivity contribution in [1.29, 1.82) is 5.26 Å². The standard InChI is InChI=1S/C9H8BrN3/c1-6-7(10)4-12-8(13-6)9(5-11)2-3-9/h4H,2-3H2,1H3. The van der Waals surface area contributed by atoms with Crippen LogP contribution in [0.1, 0.15) is 24.4 Å². The predicted octanol–water partition coefficient (Wildman–Crippen LogP) is 2.10. The maximum Gasteiger partial charge on any atom is 0.148 e. The summed E-state index contributed by atoms with van der Waals surface area (Å²) < 4.78 is 0.894. The van der Waals surface area contributed by atoms with E-state index in [1.54, 1.807) is 6.20 Å². The first-order chi connectivity index (χ1) is 6.18. The van der Waals surface area contributed by atoms with Crippen LogP contribution in [0.3, 0.4) is 0 Å². The summed E-state index contributed by atoms with van der Waals surface area (Å²) in [6.07, 6.45) is 3.50.